The Morgan fingerprint density at radius 1 is 1.25 bits per heavy atom. The summed E-state index contributed by atoms with van der Waals surface area (Å²) < 4.78 is 0. The van der Waals surface area contributed by atoms with Gasteiger partial charge in [0.05, 0.1) is 0 Å². The maximum atomic E-state index is 11.9. The van der Waals surface area contributed by atoms with E-state index in [-0.39, 0.29) is 6.03 Å². The van der Waals surface area contributed by atoms with Crippen LogP contribution in [0.4, 0.5) is 4.79 Å². The smallest absolute Gasteiger partial charge is 0.317 e. The zero-order valence-electron chi connectivity index (χ0n) is 11.1. The molecule has 1 aliphatic rings. The summed E-state index contributed by atoms with van der Waals surface area (Å²) >= 11 is 0. The number of amides is 2. The van der Waals surface area contributed by atoms with E-state index >= 15 is 0 Å². The SMILES string of the molecule is CCN(CC)C(=O)NC1CCCC(C)C1C. The third-order valence-corrected chi connectivity index (χ3v) is 4.07. The number of nitrogens with zero attached hydrogens (tertiary/aromatic N) is 1. The van der Waals surface area contributed by atoms with E-state index in [4.69, 9.17) is 0 Å². The Balaban J connectivity index is 2.49. The summed E-state index contributed by atoms with van der Waals surface area (Å²) in [6.07, 6.45) is 3.69. The molecule has 3 nitrogen and oxygen atoms in total. The van der Waals surface area contributed by atoms with Gasteiger partial charge in [0.25, 0.3) is 0 Å². The van der Waals surface area contributed by atoms with E-state index in [1.165, 1.54) is 12.8 Å². The van der Waals surface area contributed by atoms with E-state index in [1.807, 2.05) is 18.7 Å². The zero-order chi connectivity index (χ0) is 12.1. The molecule has 0 heterocycles. The van der Waals surface area contributed by atoms with E-state index < -0.39 is 0 Å². The van der Waals surface area contributed by atoms with Crippen LogP contribution in [0.5, 0.6) is 0 Å². The Morgan fingerprint density at radius 2 is 1.88 bits per heavy atom. The second-order valence-corrected chi connectivity index (χ2v) is 5.00. The fraction of sp³-hybridized carbons (Fsp3) is 0.923. The number of nitrogens with one attached hydrogen (secondary N) is 1. The summed E-state index contributed by atoms with van der Waals surface area (Å²) in [6, 6.07) is 0.479. The monoisotopic (exact) mass is 226 g/mol. The van der Waals surface area contributed by atoms with Crippen molar-refractivity contribution in [1.29, 1.82) is 0 Å². The van der Waals surface area contributed by atoms with Crippen LogP contribution in [0.15, 0.2) is 0 Å². The summed E-state index contributed by atoms with van der Waals surface area (Å²) in [5.41, 5.74) is 0. The molecule has 0 aromatic rings. The fourth-order valence-electron chi connectivity index (χ4n) is 2.55. The molecule has 16 heavy (non-hydrogen) atoms. The van der Waals surface area contributed by atoms with E-state index in [0.717, 1.165) is 25.4 Å². The van der Waals surface area contributed by atoms with Gasteiger partial charge in [-0.2, -0.15) is 0 Å². The summed E-state index contributed by atoms with van der Waals surface area (Å²) in [5, 5.41) is 3.19. The molecule has 2 amide bonds. The minimum atomic E-state index is 0.107. The number of rotatable bonds is 3. The van der Waals surface area contributed by atoms with Gasteiger partial charge in [-0.15, -0.1) is 0 Å². The van der Waals surface area contributed by atoms with Crippen molar-refractivity contribution < 1.29 is 4.79 Å². The molecule has 0 aromatic heterocycles. The molecule has 0 saturated heterocycles. The van der Waals surface area contributed by atoms with Crippen LogP contribution in [0.3, 0.4) is 0 Å². The highest BCUT2D eigenvalue weighted by molar-refractivity contribution is 5.74. The predicted molar refractivity (Wildman–Crippen MR) is 67.4 cm³/mol. The first-order valence-corrected chi connectivity index (χ1v) is 6.65. The number of hydrogen-bond acceptors (Lipinski definition) is 1. The first-order valence-electron chi connectivity index (χ1n) is 6.65. The molecule has 3 unspecified atom stereocenters. The normalized spacial score (nSPS) is 29.9. The molecule has 0 aliphatic heterocycles. The Hall–Kier alpha value is -0.730. The average Bonchev–Trinajstić information content (AvgIpc) is 2.26. The summed E-state index contributed by atoms with van der Waals surface area (Å²) in [7, 11) is 0. The van der Waals surface area contributed by atoms with Crippen molar-refractivity contribution in [2.45, 2.75) is 53.0 Å². The maximum Gasteiger partial charge on any atom is 0.317 e. The molecule has 0 bridgehead atoms. The molecule has 1 saturated carbocycles. The maximum absolute atomic E-state index is 11.9. The molecule has 1 aliphatic carbocycles. The number of carbonyl (C=O) groups excluding carboxylic acids is 1. The summed E-state index contributed by atoms with van der Waals surface area (Å²) in [5.74, 6) is 1.34. The van der Waals surface area contributed by atoms with Crippen LogP contribution in [0.2, 0.25) is 0 Å². The Bertz CT molecular complexity index is 226. The third-order valence-electron chi connectivity index (χ3n) is 4.07. The molecule has 0 spiro atoms. The quantitative estimate of drug-likeness (QED) is 0.788. The van der Waals surface area contributed by atoms with Crippen molar-refractivity contribution in [3.63, 3.8) is 0 Å². The van der Waals surface area contributed by atoms with Gasteiger partial charge in [-0.05, 0) is 32.1 Å². The van der Waals surface area contributed by atoms with Crippen molar-refractivity contribution in [2.24, 2.45) is 11.8 Å². The Labute approximate surface area is 99.6 Å². The van der Waals surface area contributed by atoms with Crippen LogP contribution in [0.1, 0.15) is 47.0 Å². The van der Waals surface area contributed by atoms with Crippen molar-refractivity contribution in [1.82, 2.24) is 10.2 Å². The summed E-state index contributed by atoms with van der Waals surface area (Å²) in [4.78, 5) is 13.8. The van der Waals surface area contributed by atoms with Gasteiger partial charge in [0.15, 0.2) is 0 Å². The molecule has 0 aromatic carbocycles. The first-order chi connectivity index (χ1) is 7.60. The largest absolute Gasteiger partial charge is 0.335 e. The van der Waals surface area contributed by atoms with Gasteiger partial charge in [-0.25, -0.2) is 4.79 Å². The molecule has 1 N–H and O–H groups in total. The van der Waals surface area contributed by atoms with Crippen LogP contribution in [0, 0.1) is 11.8 Å². The molecule has 0 radical (unpaired) electrons. The highest BCUT2D eigenvalue weighted by Gasteiger charge is 2.28. The van der Waals surface area contributed by atoms with Crippen LogP contribution in [-0.4, -0.2) is 30.1 Å². The second kappa shape index (κ2) is 6.12. The standard InChI is InChI=1S/C13H26N2O/c1-5-15(6-2)13(16)14-12-9-7-8-10(3)11(12)4/h10-12H,5-9H2,1-4H3,(H,14,16). The van der Waals surface area contributed by atoms with Crippen LogP contribution < -0.4 is 5.32 Å². The molecule has 3 atom stereocenters. The molecule has 1 rings (SSSR count). The fourth-order valence-corrected chi connectivity index (χ4v) is 2.55. The van der Waals surface area contributed by atoms with E-state index in [0.29, 0.717) is 12.0 Å². The molecule has 3 heteroatoms. The molecule has 1 fully saturated rings. The minimum Gasteiger partial charge on any atom is -0.335 e. The number of hydrogen-bond donors (Lipinski definition) is 1. The Morgan fingerprint density at radius 3 is 2.44 bits per heavy atom. The average molecular weight is 226 g/mol. The highest BCUT2D eigenvalue weighted by Crippen LogP contribution is 2.29. The lowest BCUT2D eigenvalue weighted by molar-refractivity contribution is 0.171. The predicted octanol–water partition coefficient (Wildman–Crippen LogP) is 2.86. The lowest BCUT2D eigenvalue weighted by atomic mass is 9.78. The molecular formula is C13H26N2O. The topological polar surface area (TPSA) is 32.3 Å². The highest BCUT2D eigenvalue weighted by atomic mass is 16.2. The van der Waals surface area contributed by atoms with Gasteiger partial charge >= 0.3 is 6.03 Å². The van der Waals surface area contributed by atoms with Crippen LogP contribution in [0.25, 0.3) is 0 Å². The first kappa shape index (κ1) is 13.3. The lowest BCUT2D eigenvalue weighted by Gasteiger charge is -2.35. The van der Waals surface area contributed by atoms with Crippen molar-refractivity contribution in [3.8, 4) is 0 Å². The molecular weight excluding hydrogens is 200 g/mol. The number of urea groups is 1. The third kappa shape index (κ3) is 3.13. The van der Waals surface area contributed by atoms with E-state index in [2.05, 4.69) is 19.2 Å². The van der Waals surface area contributed by atoms with Crippen LogP contribution in [-0.2, 0) is 0 Å². The second-order valence-electron chi connectivity index (χ2n) is 5.00. The number of carbonyl (C=O) groups is 1. The Kier molecular flexibility index (Phi) is 5.10. The van der Waals surface area contributed by atoms with Gasteiger partial charge < -0.3 is 10.2 Å². The van der Waals surface area contributed by atoms with E-state index in [9.17, 15) is 4.79 Å². The van der Waals surface area contributed by atoms with Gasteiger partial charge in [-0.3, -0.25) is 0 Å². The van der Waals surface area contributed by atoms with Crippen molar-refractivity contribution >= 4 is 6.03 Å². The van der Waals surface area contributed by atoms with Gasteiger partial charge in [-0.1, -0.05) is 26.7 Å². The van der Waals surface area contributed by atoms with Gasteiger partial charge in [0.1, 0.15) is 0 Å². The zero-order valence-corrected chi connectivity index (χ0v) is 11.1. The van der Waals surface area contributed by atoms with E-state index in [1.54, 1.807) is 0 Å². The van der Waals surface area contributed by atoms with Gasteiger partial charge in [0.2, 0.25) is 0 Å². The summed E-state index contributed by atoms with van der Waals surface area (Å²) in [6.45, 7) is 10.2. The van der Waals surface area contributed by atoms with Crippen molar-refractivity contribution in [2.75, 3.05) is 13.1 Å². The molecule has 94 valence electrons. The lowest BCUT2D eigenvalue weighted by Crippen LogP contribution is -2.49. The van der Waals surface area contributed by atoms with Crippen LogP contribution >= 0.6 is 0 Å². The van der Waals surface area contributed by atoms with Crippen molar-refractivity contribution in [3.05, 3.63) is 0 Å². The minimum absolute atomic E-state index is 0.107. The van der Waals surface area contributed by atoms with Gasteiger partial charge in [0, 0.05) is 19.1 Å².